The highest BCUT2D eigenvalue weighted by molar-refractivity contribution is 5.86. The van der Waals surface area contributed by atoms with Crippen LogP contribution >= 0.6 is 0 Å². The van der Waals surface area contributed by atoms with Gasteiger partial charge in [-0.1, -0.05) is 35.0 Å². The highest BCUT2D eigenvalue weighted by Gasteiger charge is 2.35. The molecule has 1 N–H and O–H groups in total. The minimum Gasteiger partial charge on any atom is -0.454 e. The Bertz CT molecular complexity index is 1250. The number of carbonyl (C=O) groups excluding carboxylic acids is 1. The number of fused-ring (bicyclic) bond motifs is 1. The van der Waals surface area contributed by atoms with Gasteiger partial charge in [-0.2, -0.15) is 4.98 Å². The molecule has 9 heteroatoms. The van der Waals surface area contributed by atoms with E-state index in [-0.39, 0.29) is 12.8 Å². The summed E-state index contributed by atoms with van der Waals surface area (Å²) in [5.74, 6) is 2.12. The van der Waals surface area contributed by atoms with Crippen molar-refractivity contribution < 1.29 is 23.5 Å². The van der Waals surface area contributed by atoms with Crippen molar-refractivity contribution in [1.29, 1.82) is 0 Å². The number of ether oxygens (including phenoxy) is 3. The number of benzene rings is 2. The lowest BCUT2D eigenvalue weighted by molar-refractivity contribution is 0.136. The van der Waals surface area contributed by atoms with E-state index in [4.69, 9.17) is 23.7 Å². The molecule has 1 aromatic heterocycles. The number of rotatable bonds is 8. The van der Waals surface area contributed by atoms with E-state index in [0.29, 0.717) is 49.4 Å². The third-order valence-electron chi connectivity index (χ3n) is 6.17. The molecule has 2 aliphatic rings. The zero-order chi connectivity index (χ0) is 24.4. The zero-order valence-corrected chi connectivity index (χ0v) is 20.0. The summed E-state index contributed by atoms with van der Waals surface area (Å²) in [6, 6.07) is 13.0. The van der Waals surface area contributed by atoms with E-state index in [2.05, 4.69) is 10.5 Å². The molecule has 0 saturated heterocycles. The molecule has 35 heavy (non-hydrogen) atoms. The lowest BCUT2D eigenvalue weighted by Gasteiger charge is -2.35. The van der Waals surface area contributed by atoms with Gasteiger partial charge < -0.3 is 24.1 Å². The molecule has 0 bridgehead atoms. The number of aromatic nitrogens is 2. The molecule has 0 fully saturated rings. The second-order valence-corrected chi connectivity index (χ2v) is 8.49. The van der Waals surface area contributed by atoms with Crippen LogP contribution in [0, 0.1) is 6.92 Å². The van der Waals surface area contributed by atoms with Gasteiger partial charge in [-0.05, 0) is 51.0 Å². The number of aryl methyl sites for hydroxylation is 1. The van der Waals surface area contributed by atoms with E-state index in [1.165, 1.54) is 0 Å². The summed E-state index contributed by atoms with van der Waals surface area (Å²) >= 11 is 0. The minimum atomic E-state index is -0.420. The maximum Gasteiger partial charge on any atom is 0.322 e. The molecule has 1 unspecified atom stereocenters. The molecule has 0 saturated carbocycles. The topological polar surface area (TPSA) is 99.0 Å². The number of urea groups is 1. The van der Waals surface area contributed by atoms with Crippen molar-refractivity contribution in [3.8, 4) is 22.9 Å². The number of carbonyl (C=O) groups is 1. The molecule has 2 amide bonds. The maximum atomic E-state index is 13.1. The van der Waals surface area contributed by atoms with E-state index in [0.717, 1.165) is 28.0 Å². The predicted octanol–water partition coefficient (Wildman–Crippen LogP) is 4.70. The Morgan fingerprint density at radius 1 is 1.11 bits per heavy atom. The fourth-order valence-electron chi connectivity index (χ4n) is 4.29. The summed E-state index contributed by atoms with van der Waals surface area (Å²) in [6.45, 7) is 7.84. The molecule has 182 valence electrons. The summed E-state index contributed by atoms with van der Waals surface area (Å²) in [7, 11) is 0. The average molecular weight is 477 g/mol. The van der Waals surface area contributed by atoms with Gasteiger partial charge in [-0.15, -0.1) is 0 Å². The van der Waals surface area contributed by atoms with E-state index in [1.807, 2.05) is 63.2 Å². The Hall–Kier alpha value is -3.85. The molecule has 1 atom stereocenters. The van der Waals surface area contributed by atoms with Crippen molar-refractivity contribution in [1.82, 2.24) is 20.4 Å². The van der Waals surface area contributed by atoms with Crippen molar-refractivity contribution >= 4 is 11.6 Å². The lowest BCUT2D eigenvalue weighted by Crippen LogP contribution is -2.46. The molecule has 2 aliphatic heterocycles. The van der Waals surface area contributed by atoms with Crippen molar-refractivity contribution in [2.45, 2.75) is 33.2 Å². The van der Waals surface area contributed by atoms with Crippen LogP contribution in [0.3, 0.4) is 0 Å². The van der Waals surface area contributed by atoms with Crippen LogP contribution in [0.15, 0.2) is 52.7 Å². The molecule has 0 radical (unpaired) electrons. The number of hydrogen-bond acceptors (Lipinski definition) is 7. The number of allylic oxidation sites excluding steroid dienone is 1. The summed E-state index contributed by atoms with van der Waals surface area (Å²) in [5, 5.41) is 7.36. The molecule has 3 aromatic rings. The number of amides is 2. The fraction of sp³-hybridized carbons (Fsp3) is 0.346. The van der Waals surface area contributed by atoms with Gasteiger partial charge in [0.15, 0.2) is 11.5 Å². The van der Waals surface area contributed by atoms with Gasteiger partial charge in [0.05, 0.1) is 11.6 Å². The Kier molecular flexibility index (Phi) is 6.41. The van der Waals surface area contributed by atoms with Crippen LogP contribution in [0.5, 0.6) is 11.5 Å². The van der Waals surface area contributed by atoms with Crippen LogP contribution < -0.4 is 14.8 Å². The summed E-state index contributed by atoms with van der Waals surface area (Å²) < 4.78 is 22.1. The molecule has 0 spiro atoms. The van der Waals surface area contributed by atoms with Gasteiger partial charge in [-0.25, -0.2) is 4.79 Å². The van der Waals surface area contributed by atoms with Gasteiger partial charge in [0, 0.05) is 31.0 Å². The molecular formula is C26H28N4O5. The maximum absolute atomic E-state index is 13.1. The smallest absolute Gasteiger partial charge is 0.322 e. The quantitative estimate of drug-likeness (QED) is 0.471. The summed E-state index contributed by atoms with van der Waals surface area (Å²) in [4.78, 5) is 19.5. The Morgan fingerprint density at radius 3 is 2.71 bits per heavy atom. The standard InChI is InChI=1S/C26H28N4O5/c1-4-32-13-5-12-30-17(3)22(23(27-26(30)31)18-8-6-16(2)7-9-18)25-28-24(29-35-25)19-10-11-20-21(14-19)34-15-33-20/h6-11,14,23H,4-5,12-13,15H2,1-3H3,(H,27,31). The van der Waals surface area contributed by atoms with Crippen LogP contribution in [-0.4, -0.2) is 47.6 Å². The molecule has 3 heterocycles. The number of hydrogen-bond donors (Lipinski definition) is 1. The monoisotopic (exact) mass is 476 g/mol. The summed E-state index contributed by atoms with van der Waals surface area (Å²) in [6.07, 6.45) is 0.716. The molecule has 5 rings (SSSR count). The average Bonchev–Trinajstić information content (AvgIpc) is 3.53. The highest BCUT2D eigenvalue weighted by Crippen LogP contribution is 2.39. The SMILES string of the molecule is CCOCCCN1C(=O)NC(c2ccc(C)cc2)C(c2nc(-c3ccc4c(c3)OCO4)no2)=C1C. The highest BCUT2D eigenvalue weighted by atomic mass is 16.7. The fourth-order valence-corrected chi connectivity index (χ4v) is 4.29. The first kappa shape index (κ1) is 22.9. The number of nitrogens with one attached hydrogen (secondary N) is 1. The predicted molar refractivity (Wildman–Crippen MR) is 129 cm³/mol. The van der Waals surface area contributed by atoms with E-state index in [1.54, 1.807) is 4.90 Å². The third kappa shape index (κ3) is 4.59. The molecular weight excluding hydrogens is 448 g/mol. The second-order valence-electron chi connectivity index (χ2n) is 8.49. The lowest BCUT2D eigenvalue weighted by atomic mass is 9.94. The van der Waals surface area contributed by atoms with Crippen LogP contribution in [0.1, 0.15) is 43.3 Å². The first-order chi connectivity index (χ1) is 17.0. The zero-order valence-electron chi connectivity index (χ0n) is 20.0. The van der Waals surface area contributed by atoms with Crippen LogP contribution in [-0.2, 0) is 4.74 Å². The second kappa shape index (κ2) is 9.79. The number of nitrogens with zero attached hydrogens (tertiary/aromatic N) is 3. The molecule has 2 aromatic carbocycles. The Labute approximate surface area is 203 Å². The van der Waals surface area contributed by atoms with Crippen LogP contribution in [0.4, 0.5) is 4.79 Å². The first-order valence-electron chi connectivity index (χ1n) is 11.7. The first-order valence-corrected chi connectivity index (χ1v) is 11.7. The van der Waals surface area contributed by atoms with Crippen molar-refractivity contribution in [3.63, 3.8) is 0 Å². The molecule has 0 aliphatic carbocycles. The Morgan fingerprint density at radius 2 is 1.91 bits per heavy atom. The van der Waals surface area contributed by atoms with Gasteiger partial charge in [0.25, 0.3) is 5.89 Å². The van der Waals surface area contributed by atoms with E-state index >= 15 is 0 Å². The third-order valence-corrected chi connectivity index (χ3v) is 6.17. The minimum absolute atomic E-state index is 0.163. The van der Waals surface area contributed by atoms with Gasteiger partial charge >= 0.3 is 6.03 Å². The van der Waals surface area contributed by atoms with E-state index < -0.39 is 6.04 Å². The normalized spacial score (nSPS) is 17.2. The largest absolute Gasteiger partial charge is 0.454 e. The van der Waals surface area contributed by atoms with Gasteiger partial charge in [-0.3, -0.25) is 4.90 Å². The van der Waals surface area contributed by atoms with Crippen molar-refractivity contribution in [3.05, 3.63) is 65.2 Å². The van der Waals surface area contributed by atoms with Crippen molar-refractivity contribution in [2.24, 2.45) is 0 Å². The van der Waals surface area contributed by atoms with Crippen LogP contribution in [0.25, 0.3) is 17.0 Å². The Balaban J connectivity index is 1.51. The van der Waals surface area contributed by atoms with Gasteiger partial charge in [0.1, 0.15) is 0 Å². The molecule has 9 nitrogen and oxygen atoms in total. The van der Waals surface area contributed by atoms with E-state index in [9.17, 15) is 4.79 Å². The van der Waals surface area contributed by atoms with Gasteiger partial charge in [0.2, 0.25) is 12.6 Å². The van der Waals surface area contributed by atoms with Crippen molar-refractivity contribution in [2.75, 3.05) is 26.6 Å². The van der Waals surface area contributed by atoms with Crippen LogP contribution in [0.2, 0.25) is 0 Å². The summed E-state index contributed by atoms with van der Waals surface area (Å²) in [5.41, 5.74) is 4.37.